The van der Waals surface area contributed by atoms with E-state index in [1.54, 1.807) is 7.11 Å². The molecule has 1 aliphatic rings. The zero-order valence-corrected chi connectivity index (χ0v) is 13.4. The predicted molar refractivity (Wildman–Crippen MR) is 86.2 cm³/mol. The average Bonchev–Trinajstić information content (AvgIpc) is 3.33. The first kappa shape index (κ1) is 16.6. The van der Waals surface area contributed by atoms with Crippen molar-refractivity contribution < 1.29 is 14.6 Å². The molecule has 0 heterocycles. The summed E-state index contributed by atoms with van der Waals surface area (Å²) >= 11 is 0. The fourth-order valence-corrected chi connectivity index (χ4v) is 2.40. The smallest absolute Gasteiger partial charge is 0.314 e. The molecule has 0 saturated heterocycles. The Morgan fingerprint density at radius 2 is 2.00 bits per heavy atom. The number of nitrogens with one attached hydrogen (secondary N) is 2. The second kappa shape index (κ2) is 7.49. The summed E-state index contributed by atoms with van der Waals surface area (Å²) in [6.07, 6.45) is 2.88. The maximum atomic E-state index is 11.7. The van der Waals surface area contributed by atoms with E-state index in [2.05, 4.69) is 29.7 Å². The van der Waals surface area contributed by atoms with Gasteiger partial charge in [-0.2, -0.15) is 0 Å². The largest absolute Gasteiger partial charge is 0.497 e. The van der Waals surface area contributed by atoms with Crippen LogP contribution in [0.5, 0.6) is 5.75 Å². The van der Waals surface area contributed by atoms with Crippen LogP contribution in [0.3, 0.4) is 0 Å². The molecule has 22 heavy (non-hydrogen) atoms. The molecule has 2 amide bonds. The van der Waals surface area contributed by atoms with Crippen LogP contribution < -0.4 is 15.4 Å². The fourth-order valence-electron chi connectivity index (χ4n) is 2.40. The summed E-state index contributed by atoms with van der Waals surface area (Å²) in [5.41, 5.74) is 1.19. The van der Waals surface area contributed by atoms with Gasteiger partial charge in [-0.25, -0.2) is 4.79 Å². The highest BCUT2D eigenvalue weighted by Crippen LogP contribution is 2.44. The van der Waals surface area contributed by atoms with Gasteiger partial charge in [-0.15, -0.1) is 0 Å². The predicted octanol–water partition coefficient (Wildman–Crippen LogP) is 2.26. The van der Waals surface area contributed by atoms with E-state index in [0.717, 1.165) is 25.0 Å². The quantitative estimate of drug-likeness (QED) is 0.690. The number of benzene rings is 1. The van der Waals surface area contributed by atoms with Crippen molar-refractivity contribution in [2.75, 3.05) is 26.8 Å². The molecule has 122 valence electrons. The van der Waals surface area contributed by atoms with Crippen LogP contribution in [0.25, 0.3) is 0 Å². The molecular weight excluding hydrogens is 280 g/mol. The molecule has 0 aromatic heterocycles. The minimum Gasteiger partial charge on any atom is -0.497 e. The van der Waals surface area contributed by atoms with Crippen LogP contribution in [-0.4, -0.2) is 37.9 Å². The van der Waals surface area contributed by atoms with Crippen LogP contribution in [0.4, 0.5) is 4.79 Å². The SMILES string of the molecule is COc1ccc(C(C)CCNC(=O)NCC2(CO)CC2)cc1. The number of urea groups is 1. The number of amides is 2. The Kier molecular flexibility index (Phi) is 5.66. The first-order valence-electron chi connectivity index (χ1n) is 7.85. The number of hydrogen-bond donors (Lipinski definition) is 3. The van der Waals surface area contributed by atoms with Crippen molar-refractivity contribution in [1.29, 1.82) is 0 Å². The maximum absolute atomic E-state index is 11.7. The third-order valence-corrected chi connectivity index (χ3v) is 4.46. The van der Waals surface area contributed by atoms with E-state index < -0.39 is 0 Å². The van der Waals surface area contributed by atoms with Gasteiger partial charge >= 0.3 is 6.03 Å². The van der Waals surface area contributed by atoms with E-state index >= 15 is 0 Å². The number of aliphatic hydroxyl groups is 1. The molecule has 1 fully saturated rings. The zero-order chi connectivity index (χ0) is 16.0. The summed E-state index contributed by atoms with van der Waals surface area (Å²) in [6, 6.07) is 7.87. The highest BCUT2D eigenvalue weighted by molar-refractivity contribution is 5.73. The Morgan fingerprint density at radius 1 is 1.32 bits per heavy atom. The average molecular weight is 306 g/mol. The fraction of sp³-hybridized carbons (Fsp3) is 0.588. The van der Waals surface area contributed by atoms with Gasteiger partial charge in [-0.1, -0.05) is 19.1 Å². The molecule has 2 rings (SSSR count). The highest BCUT2D eigenvalue weighted by Gasteiger charge is 2.42. The van der Waals surface area contributed by atoms with Gasteiger partial charge in [0.05, 0.1) is 13.7 Å². The third kappa shape index (κ3) is 4.63. The number of rotatable bonds is 8. The molecule has 0 aliphatic heterocycles. The summed E-state index contributed by atoms with van der Waals surface area (Å²) in [6.45, 7) is 3.49. The summed E-state index contributed by atoms with van der Waals surface area (Å²) < 4.78 is 5.15. The topological polar surface area (TPSA) is 70.6 Å². The molecule has 0 radical (unpaired) electrons. The van der Waals surface area contributed by atoms with Gasteiger partial charge in [0.2, 0.25) is 0 Å². The lowest BCUT2D eigenvalue weighted by molar-refractivity contribution is 0.203. The van der Waals surface area contributed by atoms with Gasteiger partial charge in [-0.3, -0.25) is 0 Å². The molecule has 1 aromatic rings. The number of aliphatic hydroxyl groups excluding tert-OH is 1. The molecule has 1 atom stereocenters. The van der Waals surface area contributed by atoms with Crippen molar-refractivity contribution in [3.8, 4) is 5.75 Å². The lowest BCUT2D eigenvalue weighted by Gasteiger charge is -2.15. The minimum absolute atomic E-state index is 0.0479. The molecular formula is C17H26N2O3. The summed E-state index contributed by atoms with van der Waals surface area (Å²) in [4.78, 5) is 11.7. The van der Waals surface area contributed by atoms with Gasteiger partial charge in [0.15, 0.2) is 0 Å². The normalized spacial score (nSPS) is 16.7. The summed E-state index contributed by atoms with van der Waals surface area (Å²) in [7, 11) is 1.66. The number of ether oxygens (including phenoxy) is 1. The monoisotopic (exact) mass is 306 g/mol. The molecule has 1 aliphatic carbocycles. The van der Waals surface area contributed by atoms with E-state index in [9.17, 15) is 9.90 Å². The molecule has 1 saturated carbocycles. The lowest BCUT2D eigenvalue weighted by Crippen LogP contribution is -2.40. The van der Waals surface area contributed by atoms with E-state index in [1.807, 2.05) is 12.1 Å². The number of carbonyl (C=O) groups excluding carboxylic acids is 1. The lowest BCUT2D eigenvalue weighted by atomic mass is 9.98. The van der Waals surface area contributed by atoms with Crippen LogP contribution in [0.2, 0.25) is 0 Å². The second-order valence-electron chi connectivity index (χ2n) is 6.23. The van der Waals surface area contributed by atoms with E-state index in [-0.39, 0.29) is 18.1 Å². The molecule has 5 heteroatoms. The Morgan fingerprint density at radius 3 is 2.55 bits per heavy atom. The van der Waals surface area contributed by atoms with Crippen LogP contribution >= 0.6 is 0 Å². The highest BCUT2D eigenvalue weighted by atomic mass is 16.5. The van der Waals surface area contributed by atoms with Gasteiger partial charge < -0.3 is 20.5 Å². The van der Waals surface area contributed by atoms with Crippen molar-refractivity contribution in [3.63, 3.8) is 0 Å². The number of methoxy groups -OCH3 is 1. The van der Waals surface area contributed by atoms with Crippen LogP contribution in [0.1, 0.15) is 37.7 Å². The maximum Gasteiger partial charge on any atom is 0.314 e. The number of hydrogen-bond acceptors (Lipinski definition) is 3. The van der Waals surface area contributed by atoms with Gasteiger partial charge in [-0.05, 0) is 42.9 Å². The van der Waals surface area contributed by atoms with Crippen LogP contribution in [0.15, 0.2) is 24.3 Å². The molecule has 1 aromatic carbocycles. The van der Waals surface area contributed by atoms with Crippen LogP contribution in [-0.2, 0) is 0 Å². The van der Waals surface area contributed by atoms with E-state index in [1.165, 1.54) is 5.56 Å². The Bertz CT molecular complexity index is 483. The molecule has 3 N–H and O–H groups in total. The van der Waals surface area contributed by atoms with Crippen molar-refractivity contribution in [2.24, 2.45) is 5.41 Å². The first-order valence-corrected chi connectivity index (χ1v) is 7.85. The first-order chi connectivity index (χ1) is 10.6. The zero-order valence-electron chi connectivity index (χ0n) is 13.4. The Labute approximate surface area is 132 Å². The third-order valence-electron chi connectivity index (χ3n) is 4.46. The minimum atomic E-state index is -0.151. The number of carbonyl (C=O) groups is 1. The van der Waals surface area contributed by atoms with E-state index in [0.29, 0.717) is 19.0 Å². The summed E-state index contributed by atoms with van der Waals surface area (Å²) in [5, 5.41) is 14.9. The Hall–Kier alpha value is -1.75. The Balaban J connectivity index is 1.65. The van der Waals surface area contributed by atoms with Crippen molar-refractivity contribution in [1.82, 2.24) is 10.6 Å². The van der Waals surface area contributed by atoms with Crippen LogP contribution in [0, 0.1) is 5.41 Å². The van der Waals surface area contributed by atoms with Gasteiger partial charge in [0.25, 0.3) is 0 Å². The van der Waals surface area contributed by atoms with Crippen molar-refractivity contribution in [3.05, 3.63) is 29.8 Å². The van der Waals surface area contributed by atoms with Crippen molar-refractivity contribution in [2.45, 2.75) is 32.1 Å². The second-order valence-corrected chi connectivity index (χ2v) is 6.23. The van der Waals surface area contributed by atoms with Gasteiger partial charge in [0, 0.05) is 18.5 Å². The van der Waals surface area contributed by atoms with E-state index in [4.69, 9.17) is 4.74 Å². The van der Waals surface area contributed by atoms with Crippen molar-refractivity contribution >= 4 is 6.03 Å². The molecule has 0 bridgehead atoms. The van der Waals surface area contributed by atoms with Gasteiger partial charge in [0.1, 0.15) is 5.75 Å². The summed E-state index contributed by atoms with van der Waals surface area (Å²) in [5.74, 6) is 1.23. The molecule has 0 spiro atoms. The standard InChI is InChI=1S/C17H26N2O3/c1-13(14-3-5-15(22-2)6-4-14)7-10-18-16(21)19-11-17(12-20)8-9-17/h3-6,13,20H,7-12H2,1-2H3,(H2,18,19,21). The molecule has 5 nitrogen and oxygen atoms in total. The molecule has 1 unspecified atom stereocenters.